The third-order valence-electron chi connectivity index (χ3n) is 4.33. The van der Waals surface area contributed by atoms with Gasteiger partial charge >= 0.3 is 5.97 Å². The molecule has 0 spiro atoms. The monoisotopic (exact) mass is 387 g/mol. The topological polar surface area (TPSA) is 94.1 Å². The summed E-state index contributed by atoms with van der Waals surface area (Å²) in [7, 11) is 3.02. The van der Waals surface area contributed by atoms with Gasteiger partial charge in [-0.05, 0) is 49.7 Å². The molecule has 2 aromatic carbocycles. The van der Waals surface area contributed by atoms with Crippen LogP contribution in [0.1, 0.15) is 36.2 Å². The van der Waals surface area contributed by atoms with E-state index in [1.54, 1.807) is 49.4 Å². The number of nitrogens with one attached hydrogen (secondary N) is 1. The van der Waals surface area contributed by atoms with Gasteiger partial charge in [0.2, 0.25) is 0 Å². The van der Waals surface area contributed by atoms with E-state index in [1.165, 1.54) is 14.2 Å². The number of carbonyl (C=O) groups excluding carboxylic acids is 1. The number of hydrogen-bond acceptors (Lipinski definition) is 5. The van der Waals surface area contributed by atoms with Gasteiger partial charge in [-0.3, -0.25) is 9.59 Å². The number of hydrogen-bond donors (Lipinski definition) is 2. The van der Waals surface area contributed by atoms with Crippen LogP contribution in [0.25, 0.3) is 0 Å². The molecule has 0 aliphatic heterocycles. The Hall–Kier alpha value is -3.22. The lowest BCUT2D eigenvalue weighted by Gasteiger charge is -2.30. The lowest BCUT2D eigenvalue weighted by Crippen LogP contribution is -2.45. The molecule has 0 fully saturated rings. The van der Waals surface area contributed by atoms with Crippen molar-refractivity contribution in [3.63, 3.8) is 0 Å². The first kappa shape index (κ1) is 21.1. The van der Waals surface area contributed by atoms with Gasteiger partial charge in [0.05, 0.1) is 32.8 Å². The highest BCUT2D eigenvalue weighted by molar-refractivity contribution is 5.95. The predicted octanol–water partition coefficient (Wildman–Crippen LogP) is 3.22. The Morgan fingerprint density at radius 3 is 2.43 bits per heavy atom. The van der Waals surface area contributed by atoms with E-state index >= 15 is 0 Å². The van der Waals surface area contributed by atoms with Gasteiger partial charge in [-0.25, -0.2) is 0 Å². The summed E-state index contributed by atoms with van der Waals surface area (Å²) in [6.45, 7) is 3.99. The quantitative estimate of drug-likeness (QED) is 0.686. The molecule has 2 rings (SSSR count). The summed E-state index contributed by atoms with van der Waals surface area (Å²) < 4.78 is 16.0. The second-order valence-electron chi connectivity index (χ2n) is 6.39. The average Bonchev–Trinajstić information content (AvgIpc) is 2.67. The number of amides is 1. The zero-order valence-electron chi connectivity index (χ0n) is 16.4. The first-order chi connectivity index (χ1) is 13.3. The van der Waals surface area contributed by atoms with Gasteiger partial charge in [-0.15, -0.1) is 0 Å². The Balaban J connectivity index is 2.36. The van der Waals surface area contributed by atoms with Crippen LogP contribution < -0.4 is 19.5 Å². The van der Waals surface area contributed by atoms with Crippen molar-refractivity contribution in [3.8, 4) is 17.2 Å². The fraction of sp³-hybridized carbons (Fsp3) is 0.333. The minimum absolute atomic E-state index is 0.292. The molecule has 150 valence electrons. The number of ether oxygens (including phenoxy) is 3. The van der Waals surface area contributed by atoms with Crippen molar-refractivity contribution < 1.29 is 28.9 Å². The third kappa shape index (κ3) is 4.94. The molecule has 0 radical (unpaired) electrons. The molecule has 0 saturated carbocycles. The van der Waals surface area contributed by atoms with Crippen molar-refractivity contribution >= 4 is 11.9 Å². The summed E-state index contributed by atoms with van der Waals surface area (Å²) in [5.74, 6) is 0.0763. The lowest BCUT2D eigenvalue weighted by atomic mass is 9.88. The summed E-state index contributed by atoms with van der Waals surface area (Å²) in [5.41, 5.74) is -0.177. The number of aliphatic carboxylic acids is 1. The van der Waals surface area contributed by atoms with Gasteiger partial charge < -0.3 is 24.6 Å². The van der Waals surface area contributed by atoms with Crippen LogP contribution in [0.2, 0.25) is 0 Å². The van der Waals surface area contributed by atoms with E-state index in [4.69, 9.17) is 14.2 Å². The van der Waals surface area contributed by atoms with E-state index < -0.39 is 17.4 Å². The lowest BCUT2D eigenvalue weighted by molar-refractivity contribution is -0.138. The molecule has 0 aromatic heterocycles. The first-order valence-corrected chi connectivity index (χ1v) is 8.82. The summed E-state index contributed by atoms with van der Waals surface area (Å²) in [4.78, 5) is 24.3. The Morgan fingerprint density at radius 1 is 1.07 bits per heavy atom. The maximum absolute atomic E-state index is 12.9. The molecule has 1 atom stereocenters. The maximum atomic E-state index is 12.9. The van der Waals surface area contributed by atoms with Crippen molar-refractivity contribution in [1.29, 1.82) is 0 Å². The molecular formula is C21H25NO6. The van der Waals surface area contributed by atoms with E-state index in [1.807, 2.05) is 6.92 Å². The van der Waals surface area contributed by atoms with Crippen LogP contribution in [-0.4, -0.2) is 37.8 Å². The van der Waals surface area contributed by atoms with Crippen molar-refractivity contribution in [2.45, 2.75) is 25.8 Å². The Bertz CT molecular complexity index is 851. The van der Waals surface area contributed by atoms with Crippen LogP contribution in [0, 0.1) is 0 Å². The van der Waals surface area contributed by atoms with Crippen LogP contribution in [0.5, 0.6) is 17.2 Å². The summed E-state index contributed by atoms with van der Waals surface area (Å²) in [6.07, 6.45) is -0.292. The van der Waals surface area contributed by atoms with E-state index in [-0.39, 0.29) is 6.42 Å². The summed E-state index contributed by atoms with van der Waals surface area (Å²) >= 11 is 0. The fourth-order valence-electron chi connectivity index (χ4n) is 2.89. The first-order valence-electron chi connectivity index (χ1n) is 8.82. The largest absolute Gasteiger partial charge is 0.497 e. The van der Waals surface area contributed by atoms with Crippen LogP contribution in [0.3, 0.4) is 0 Å². The maximum Gasteiger partial charge on any atom is 0.306 e. The molecule has 0 bridgehead atoms. The van der Waals surface area contributed by atoms with E-state index in [0.717, 1.165) is 0 Å². The van der Waals surface area contributed by atoms with E-state index in [2.05, 4.69) is 5.32 Å². The van der Waals surface area contributed by atoms with Crippen molar-refractivity contribution in [2.75, 3.05) is 20.8 Å². The van der Waals surface area contributed by atoms with Crippen molar-refractivity contribution in [3.05, 3.63) is 53.6 Å². The molecule has 7 nitrogen and oxygen atoms in total. The minimum Gasteiger partial charge on any atom is -0.497 e. The zero-order chi connectivity index (χ0) is 20.7. The molecule has 0 saturated heterocycles. The third-order valence-corrected chi connectivity index (χ3v) is 4.33. The average molecular weight is 387 g/mol. The normalized spacial score (nSPS) is 12.6. The molecule has 28 heavy (non-hydrogen) atoms. The number of carboxylic acid groups (broad SMARTS) is 1. The van der Waals surface area contributed by atoms with Gasteiger partial charge in [0.15, 0.2) is 11.5 Å². The van der Waals surface area contributed by atoms with E-state index in [0.29, 0.717) is 35.0 Å². The second-order valence-corrected chi connectivity index (χ2v) is 6.39. The Kier molecular flexibility index (Phi) is 6.87. The molecular weight excluding hydrogens is 362 g/mol. The molecule has 0 heterocycles. The zero-order valence-corrected chi connectivity index (χ0v) is 16.4. The number of carbonyl (C=O) groups is 2. The molecule has 2 aromatic rings. The van der Waals surface area contributed by atoms with Crippen molar-refractivity contribution in [2.24, 2.45) is 0 Å². The Morgan fingerprint density at radius 2 is 1.82 bits per heavy atom. The highest BCUT2D eigenvalue weighted by Gasteiger charge is 2.32. The van der Waals surface area contributed by atoms with Crippen molar-refractivity contribution in [1.82, 2.24) is 5.32 Å². The number of benzene rings is 2. The highest BCUT2D eigenvalue weighted by atomic mass is 16.5. The van der Waals surface area contributed by atoms with Gasteiger partial charge in [-0.1, -0.05) is 12.1 Å². The fourth-order valence-corrected chi connectivity index (χ4v) is 2.89. The van der Waals surface area contributed by atoms with Gasteiger partial charge in [0.1, 0.15) is 5.75 Å². The van der Waals surface area contributed by atoms with Crippen LogP contribution >= 0.6 is 0 Å². The molecule has 2 N–H and O–H groups in total. The second kappa shape index (κ2) is 9.12. The van der Waals surface area contributed by atoms with Crippen LogP contribution in [0.4, 0.5) is 0 Å². The molecule has 7 heteroatoms. The molecule has 0 aliphatic carbocycles. The van der Waals surface area contributed by atoms with Crippen LogP contribution in [0.15, 0.2) is 42.5 Å². The summed E-state index contributed by atoms with van der Waals surface area (Å²) in [5, 5.41) is 12.2. The number of carboxylic acids is 1. The smallest absolute Gasteiger partial charge is 0.306 e. The number of rotatable bonds is 9. The molecule has 1 unspecified atom stereocenters. The van der Waals surface area contributed by atoms with Gasteiger partial charge in [0.25, 0.3) is 5.91 Å². The van der Waals surface area contributed by atoms with Gasteiger partial charge in [-0.2, -0.15) is 0 Å². The minimum atomic E-state index is -1.14. The summed E-state index contributed by atoms with van der Waals surface area (Å²) in [6, 6.07) is 11.8. The Labute approximate surface area is 164 Å². The van der Waals surface area contributed by atoms with E-state index in [9.17, 15) is 14.7 Å². The van der Waals surface area contributed by atoms with Gasteiger partial charge in [0, 0.05) is 5.56 Å². The highest BCUT2D eigenvalue weighted by Crippen LogP contribution is 2.31. The predicted molar refractivity (Wildman–Crippen MR) is 104 cm³/mol. The van der Waals surface area contributed by atoms with Crippen LogP contribution in [-0.2, 0) is 10.3 Å². The molecule has 0 aliphatic rings. The molecule has 1 amide bonds. The number of methoxy groups -OCH3 is 2. The SMILES string of the molecule is CCOc1ccc(C(=O)NC(C)(CC(=O)O)c2cccc(OC)c2)cc1OC. The standard InChI is InChI=1S/C21H25NO6/c1-5-28-17-10-9-14(11-18(17)27-4)20(25)22-21(2,13-19(23)24)15-7-6-8-16(12-15)26-3/h6-12H,5,13H2,1-4H3,(H,22,25)(H,23,24).